The highest BCUT2D eigenvalue weighted by Gasteiger charge is 2.29. The number of nitrogens with zero attached hydrogens (tertiary/aromatic N) is 4. The smallest absolute Gasteiger partial charge is 0.308 e. The van der Waals surface area contributed by atoms with Gasteiger partial charge in [0.05, 0.1) is 18.2 Å². The van der Waals surface area contributed by atoms with Gasteiger partial charge >= 0.3 is 5.97 Å². The van der Waals surface area contributed by atoms with Gasteiger partial charge in [0.1, 0.15) is 0 Å². The summed E-state index contributed by atoms with van der Waals surface area (Å²) < 4.78 is 1.69. The third-order valence-electron chi connectivity index (χ3n) is 4.95. The van der Waals surface area contributed by atoms with Gasteiger partial charge in [-0.25, -0.2) is 4.68 Å². The number of likely N-dealkylation sites (N-methyl/N-ethyl adjacent to an activating group) is 1. The van der Waals surface area contributed by atoms with Gasteiger partial charge in [-0.1, -0.05) is 18.2 Å². The zero-order chi connectivity index (χ0) is 20.3. The number of carboxylic acids is 1. The molecule has 1 fully saturated rings. The standard InChI is InChI=1S/C20H24N4O4/c1-14-11-17(21-24(14)16-8-4-3-5-9-16)19(26)22(2)13-18(25)23-10-6-7-15(12-23)20(27)28/h3-5,8-9,11,15H,6-7,10,12-13H2,1-2H3,(H,27,28). The highest BCUT2D eigenvalue weighted by atomic mass is 16.4. The average Bonchev–Trinajstić information content (AvgIpc) is 3.09. The fourth-order valence-electron chi connectivity index (χ4n) is 3.39. The molecule has 2 heterocycles. The summed E-state index contributed by atoms with van der Waals surface area (Å²) in [5.74, 6) is -2.02. The van der Waals surface area contributed by atoms with Crippen LogP contribution in [0.4, 0.5) is 0 Å². The van der Waals surface area contributed by atoms with Gasteiger partial charge in [0.2, 0.25) is 5.91 Å². The fraction of sp³-hybridized carbons (Fsp3) is 0.400. The number of likely N-dealkylation sites (tertiary alicyclic amines) is 1. The Morgan fingerprint density at radius 2 is 1.96 bits per heavy atom. The number of benzene rings is 1. The number of carbonyl (C=O) groups is 3. The maximum atomic E-state index is 12.7. The van der Waals surface area contributed by atoms with Crippen molar-refractivity contribution in [3.63, 3.8) is 0 Å². The molecular formula is C20H24N4O4. The molecule has 1 aliphatic heterocycles. The Bertz CT molecular complexity index is 878. The molecule has 2 amide bonds. The molecule has 0 spiro atoms. The van der Waals surface area contributed by atoms with Gasteiger partial charge in [-0.3, -0.25) is 14.4 Å². The third-order valence-corrected chi connectivity index (χ3v) is 4.95. The quantitative estimate of drug-likeness (QED) is 0.844. The van der Waals surface area contributed by atoms with Gasteiger partial charge in [0.15, 0.2) is 5.69 Å². The molecule has 1 N–H and O–H groups in total. The van der Waals surface area contributed by atoms with E-state index in [-0.39, 0.29) is 30.6 Å². The Morgan fingerprint density at radius 1 is 1.25 bits per heavy atom. The van der Waals surface area contributed by atoms with Crippen molar-refractivity contribution >= 4 is 17.8 Å². The van der Waals surface area contributed by atoms with Gasteiger partial charge in [0, 0.05) is 25.8 Å². The van der Waals surface area contributed by atoms with Crippen LogP contribution in [0.15, 0.2) is 36.4 Å². The van der Waals surface area contributed by atoms with E-state index in [0.717, 1.165) is 11.4 Å². The van der Waals surface area contributed by atoms with Crippen LogP contribution in [0.2, 0.25) is 0 Å². The minimum absolute atomic E-state index is 0.109. The van der Waals surface area contributed by atoms with E-state index in [0.29, 0.717) is 19.4 Å². The minimum Gasteiger partial charge on any atom is -0.481 e. The highest BCUT2D eigenvalue weighted by Crippen LogP contribution is 2.17. The van der Waals surface area contributed by atoms with Gasteiger partial charge in [-0.05, 0) is 38.0 Å². The molecule has 1 atom stereocenters. The van der Waals surface area contributed by atoms with E-state index in [9.17, 15) is 14.4 Å². The predicted molar refractivity (Wildman–Crippen MR) is 102 cm³/mol. The van der Waals surface area contributed by atoms with E-state index in [1.54, 1.807) is 17.8 Å². The average molecular weight is 384 g/mol. The fourth-order valence-corrected chi connectivity index (χ4v) is 3.39. The van der Waals surface area contributed by atoms with Crippen molar-refractivity contribution in [3.8, 4) is 5.69 Å². The zero-order valence-electron chi connectivity index (χ0n) is 16.0. The molecule has 1 unspecified atom stereocenters. The van der Waals surface area contributed by atoms with E-state index in [1.165, 1.54) is 9.80 Å². The van der Waals surface area contributed by atoms with Crippen LogP contribution in [0.3, 0.4) is 0 Å². The van der Waals surface area contributed by atoms with Crippen molar-refractivity contribution in [1.29, 1.82) is 0 Å². The summed E-state index contributed by atoms with van der Waals surface area (Å²) in [5.41, 5.74) is 1.93. The molecule has 148 valence electrons. The van der Waals surface area contributed by atoms with Crippen LogP contribution in [0, 0.1) is 12.8 Å². The molecule has 3 rings (SSSR count). The first kappa shape index (κ1) is 19.6. The SMILES string of the molecule is Cc1cc(C(=O)N(C)CC(=O)N2CCCC(C(=O)O)C2)nn1-c1ccccc1. The molecule has 8 nitrogen and oxygen atoms in total. The summed E-state index contributed by atoms with van der Waals surface area (Å²) in [6.07, 6.45) is 1.23. The first-order valence-corrected chi connectivity index (χ1v) is 9.25. The summed E-state index contributed by atoms with van der Waals surface area (Å²) in [6, 6.07) is 11.2. The van der Waals surface area contributed by atoms with Crippen LogP contribution in [-0.4, -0.2) is 69.2 Å². The molecule has 1 aromatic heterocycles. The number of amides is 2. The lowest BCUT2D eigenvalue weighted by atomic mass is 9.98. The van der Waals surface area contributed by atoms with Gasteiger partial charge in [0.25, 0.3) is 5.91 Å². The second kappa shape index (κ2) is 8.24. The normalized spacial score (nSPS) is 16.6. The number of piperidine rings is 1. The molecule has 0 radical (unpaired) electrons. The van der Waals surface area contributed by atoms with Gasteiger partial charge in [-0.15, -0.1) is 0 Å². The van der Waals surface area contributed by atoms with Crippen molar-refractivity contribution in [3.05, 3.63) is 47.8 Å². The lowest BCUT2D eigenvalue weighted by Crippen LogP contribution is -2.47. The Kier molecular flexibility index (Phi) is 5.77. The monoisotopic (exact) mass is 384 g/mol. The number of carboxylic acid groups (broad SMARTS) is 1. The molecule has 1 aliphatic rings. The first-order chi connectivity index (χ1) is 13.4. The van der Waals surface area contributed by atoms with Crippen molar-refractivity contribution in [2.75, 3.05) is 26.7 Å². The summed E-state index contributed by atoms with van der Waals surface area (Å²) >= 11 is 0. The summed E-state index contributed by atoms with van der Waals surface area (Å²) in [6.45, 7) is 2.47. The number of aromatic nitrogens is 2. The second-order valence-corrected chi connectivity index (χ2v) is 7.10. The van der Waals surface area contributed by atoms with Gasteiger partial charge in [-0.2, -0.15) is 5.10 Å². The number of hydrogen-bond acceptors (Lipinski definition) is 4. The Hall–Kier alpha value is -3.16. The summed E-state index contributed by atoms with van der Waals surface area (Å²) in [5, 5.41) is 13.5. The number of aliphatic carboxylic acids is 1. The minimum atomic E-state index is -0.885. The topological polar surface area (TPSA) is 95.7 Å². The van der Waals surface area contributed by atoms with E-state index >= 15 is 0 Å². The highest BCUT2D eigenvalue weighted by molar-refractivity contribution is 5.95. The van der Waals surface area contributed by atoms with E-state index in [4.69, 9.17) is 5.11 Å². The predicted octanol–water partition coefficient (Wildman–Crippen LogP) is 1.58. The Morgan fingerprint density at radius 3 is 2.64 bits per heavy atom. The molecule has 28 heavy (non-hydrogen) atoms. The lowest BCUT2D eigenvalue weighted by Gasteiger charge is -2.31. The lowest BCUT2D eigenvalue weighted by molar-refractivity contribution is -0.145. The molecule has 1 aromatic carbocycles. The number of para-hydroxylation sites is 1. The second-order valence-electron chi connectivity index (χ2n) is 7.10. The Labute approximate surface area is 163 Å². The van der Waals surface area contributed by atoms with Crippen LogP contribution in [-0.2, 0) is 9.59 Å². The molecule has 8 heteroatoms. The largest absolute Gasteiger partial charge is 0.481 e. The van der Waals surface area contributed by atoms with Crippen LogP contribution < -0.4 is 0 Å². The molecule has 0 bridgehead atoms. The van der Waals surface area contributed by atoms with E-state index < -0.39 is 11.9 Å². The Balaban J connectivity index is 1.66. The van der Waals surface area contributed by atoms with Crippen molar-refractivity contribution < 1.29 is 19.5 Å². The van der Waals surface area contributed by atoms with E-state index in [1.807, 2.05) is 37.3 Å². The van der Waals surface area contributed by atoms with Crippen LogP contribution in [0.1, 0.15) is 29.0 Å². The van der Waals surface area contributed by atoms with Crippen molar-refractivity contribution in [1.82, 2.24) is 19.6 Å². The van der Waals surface area contributed by atoms with Gasteiger partial charge < -0.3 is 14.9 Å². The van der Waals surface area contributed by atoms with Crippen molar-refractivity contribution in [2.45, 2.75) is 19.8 Å². The molecular weight excluding hydrogens is 360 g/mol. The van der Waals surface area contributed by atoms with Crippen LogP contribution >= 0.6 is 0 Å². The molecule has 0 saturated carbocycles. The number of aryl methyl sites for hydroxylation is 1. The first-order valence-electron chi connectivity index (χ1n) is 9.25. The number of hydrogen-bond donors (Lipinski definition) is 1. The van der Waals surface area contributed by atoms with Crippen molar-refractivity contribution in [2.24, 2.45) is 5.92 Å². The third kappa shape index (κ3) is 4.21. The summed E-state index contributed by atoms with van der Waals surface area (Å²) in [4.78, 5) is 39.3. The molecule has 2 aromatic rings. The molecule has 0 aliphatic carbocycles. The maximum Gasteiger partial charge on any atom is 0.308 e. The number of carbonyl (C=O) groups excluding carboxylic acids is 2. The van der Waals surface area contributed by atoms with E-state index in [2.05, 4.69) is 5.10 Å². The maximum absolute atomic E-state index is 12.7. The van der Waals surface area contributed by atoms with Crippen LogP contribution in [0.25, 0.3) is 5.69 Å². The number of rotatable bonds is 5. The zero-order valence-corrected chi connectivity index (χ0v) is 16.0. The van der Waals surface area contributed by atoms with Crippen LogP contribution in [0.5, 0.6) is 0 Å². The molecule has 1 saturated heterocycles. The summed E-state index contributed by atoms with van der Waals surface area (Å²) in [7, 11) is 1.55.